The van der Waals surface area contributed by atoms with E-state index in [1.54, 1.807) is 0 Å². The Bertz CT molecular complexity index is 363. The molecule has 3 nitrogen and oxygen atoms in total. The molecule has 16 heavy (non-hydrogen) atoms. The van der Waals surface area contributed by atoms with Crippen molar-refractivity contribution in [2.45, 2.75) is 52.0 Å². The molecule has 1 fully saturated rings. The van der Waals surface area contributed by atoms with Gasteiger partial charge in [-0.05, 0) is 44.6 Å². The molecule has 90 valence electrons. The van der Waals surface area contributed by atoms with Crippen LogP contribution in [-0.4, -0.2) is 15.8 Å². The molecule has 1 saturated carbocycles. The SMILES string of the molecule is Cc1nn(C)c(C)c1CC(N)CCC1CC1. The highest BCUT2D eigenvalue weighted by Crippen LogP contribution is 2.34. The van der Waals surface area contributed by atoms with E-state index >= 15 is 0 Å². The van der Waals surface area contributed by atoms with E-state index in [1.807, 2.05) is 11.7 Å². The molecule has 0 bridgehead atoms. The summed E-state index contributed by atoms with van der Waals surface area (Å²) in [6.45, 7) is 4.21. The molecule has 0 amide bonds. The predicted octanol–water partition coefficient (Wildman–Crippen LogP) is 2.10. The van der Waals surface area contributed by atoms with Crippen LogP contribution in [0.25, 0.3) is 0 Å². The van der Waals surface area contributed by atoms with Crippen LogP contribution < -0.4 is 5.73 Å². The first-order valence-corrected chi connectivity index (χ1v) is 6.32. The normalized spacial score (nSPS) is 17.8. The Morgan fingerprint density at radius 1 is 1.44 bits per heavy atom. The summed E-state index contributed by atoms with van der Waals surface area (Å²) in [7, 11) is 2.00. The maximum Gasteiger partial charge on any atom is 0.0628 e. The smallest absolute Gasteiger partial charge is 0.0628 e. The van der Waals surface area contributed by atoms with Gasteiger partial charge in [-0.15, -0.1) is 0 Å². The van der Waals surface area contributed by atoms with E-state index in [9.17, 15) is 0 Å². The molecule has 0 aliphatic heterocycles. The predicted molar refractivity (Wildman–Crippen MR) is 66.3 cm³/mol. The second-order valence-electron chi connectivity index (χ2n) is 5.26. The number of nitrogens with zero attached hydrogens (tertiary/aromatic N) is 2. The first-order valence-electron chi connectivity index (χ1n) is 6.32. The molecule has 0 saturated heterocycles. The summed E-state index contributed by atoms with van der Waals surface area (Å²) in [4.78, 5) is 0. The average Bonchev–Trinajstić information content (AvgIpc) is 3.01. The van der Waals surface area contributed by atoms with Crippen LogP contribution in [0.1, 0.15) is 42.6 Å². The third kappa shape index (κ3) is 2.64. The van der Waals surface area contributed by atoms with E-state index < -0.39 is 0 Å². The molecule has 0 radical (unpaired) electrons. The molecule has 1 aromatic rings. The zero-order chi connectivity index (χ0) is 11.7. The minimum Gasteiger partial charge on any atom is -0.327 e. The van der Waals surface area contributed by atoms with Crippen LogP contribution in [0.5, 0.6) is 0 Å². The van der Waals surface area contributed by atoms with Crippen LogP contribution in [0.4, 0.5) is 0 Å². The van der Waals surface area contributed by atoms with Crippen LogP contribution in [0.2, 0.25) is 0 Å². The zero-order valence-corrected chi connectivity index (χ0v) is 10.7. The van der Waals surface area contributed by atoms with Gasteiger partial charge in [-0.2, -0.15) is 5.10 Å². The number of nitrogens with two attached hydrogens (primary N) is 1. The fourth-order valence-corrected chi connectivity index (χ4v) is 2.33. The van der Waals surface area contributed by atoms with Crippen molar-refractivity contribution in [3.8, 4) is 0 Å². The highest BCUT2D eigenvalue weighted by Gasteiger charge is 2.22. The molecule has 2 rings (SSSR count). The Labute approximate surface area is 98.0 Å². The van der Waals surface area contributed by atoms with Gasteiger partial charge in [0.1, 0.15) is 0 Å². The van der Waals surface area contributed by atoms with Crippen molar-refractivity contribution >= 4 is 0 Å². The maximum absolute atomic E-state index is 6.19. The maximum atomic E-state index is 6.19. The van der Waals surface area contributed by atoms with Gasteiger partial charge in [-0.1, -0.05) is 12.8 Å². The van der Waals surface area contributed by atoms with Crippen molar-refractivity contribution < 1.29 is 0 Å². The lowest BCUT2D eigenvalue weighted by atomic mass is 10.00. The van der Waals surface area contributed by atoms with Gasteiger partial charge in [0, 0.05) is 18.8 Å². The molecule has 0 spiro atoms. The lowest BCUT2D eigenvalue weighted by Crippen LogP contribution is -2.23. The monoisotopic (exact) mass is 221 g/mol. The molecule has 1 aliphatic carbocycles. The molecule has 1 aromatic heterocycles. The summed E-state index contributed by atoms with van der Waals surface area (Å²) in [5, 5.41) is 4.43. The van der Waals surface area contributed by atoms with Crippen LogP contribution in [0.3, 0.4) is 0 Å². The lowest BCUT2D eigenvalue weighted by Gasteiger charge is -2.11. The second-order valence-corrected chi connectivity index (χ2v) is 5.26. The van der Waals surface area contributed by atoms with Crippen molar-refractivity contribution in [2.24, 2.45) is 18.7 Å². The van der Waals surface area contributed by atoms with Crippen molar-refractivity contribution in [1.29, 1.82) is 0 Å². The number of hydrogen-bond donors (Lipinski definition) is 1. The fraction of sp³-hybridized carbons (Fsp3) is 0.769. The van der Waals surface area contributed by atoms with E-state index in [2.05, 4.69) is 18.9 Å². The molecule has 1 atom stereocenters. The van der Waals surface area contributed by atoms with Crippen molar-refractivity contribution in [3.63, 3.8) is 0 Å². The highest BCUT2D eigenvalue weighted by molar-refractivity contribution is 5.25. The van der Waals surface area contributed by atoms with Crippen LogP contribution >= 0.6 is 0 Å². The third-order valence-corrected chi connectivity index (χ3v) is 3.77. The Morgan fingerprint density at radius 3 is 2.62 bits per heavy atom. The number of hydrogen-bond acceptors (Lipinski definition) is 2. The van der Waals surface area contributed by atoms with E-state index in [1.165, 1.54) is 36.9 Å². The molecule has 1 heterocycles. The molecule has 1 aliphatic rings. The van der Waals surface area contributed by atoms with Crippen molar-refractivity contribution in [3.05, 3.63) is 17.0 Å². The van der Waals surface area contributed by atoms with Gasteiger partial charge in [0.2, 0.25) is 0 Å². The minimum atomic E-state index is 0.308. The quantitative estimate of drug-likeness (QED) is 0.827. The number of aromatic nitrogens is 2. The largest absolute Gasteiger partial charge is 0.327 e. The van der Waals surface area contributed by atoms with Gasteiger partial charge < -0.3 is 5.73 Å². The molecule has 0 aromatic carbocycles. The fourth-order valence-electron chi connectivity index (χ4n) is 2.33. The summed E-state index contributed by atoms with van der Waals surface area (Å²) in [6, 6.07) is 0.308. The molecule has 2 N–H and O–H groups in total. The first-order chi connectivity index (χ1) is 7.58. The summed E-state index contributed by atoms with van der Waals surface area (Å²) >= 11 is 0. The summed E-state index contributed by atoms with van der Waals surface area (Å²) < 4.78 is 1.96. The van der Waals surface area contributed by atoms with Gasteiger partial charge in [-0.25, -0.2) is 0 Å². The van der Waals surface area contributed by atoms with Gasteiger partial charge in [0.05, 0.1) is 5.69 Å². The van der Waals surface area contributed by atoms with Gasteiger partial charge >= 0.3 is 0 Å². The standard InChI is InChI=1S/C13H23N3/c1-9-13(10(2)16(3)15-9)8-12(14)7-6-11-4-5-11/h11-12H,4-8,14H2,1-3H3. The summed E-state index contributed by atoms with van der Waals surface area (Å²) in [5.74, 6) is 0.988. The third-order valence-electron chi connectivity index (χ3n) is 3.77. The van der Waals surface area contributed by atoms with E-state index in [0.29, 0.717) is 6.04 Å². The number of aryl methyl sites for hydroxylation is 2. The van der Waals surface area contributed by atoms with Crippen LogP contribution in [-0.2, 0) is 13.5 Å². The van der Waals surface area contributed by atoms with E-state index in [4.69, 9.17) is 5.73 Å². The van der Waals surface area contributed by atoms with Crippen LogP contribution in [0, 0.1) is 19.8 Å². The van der Waals surface area contributed by atoms with Crippen molar-refractivity contribution in [2.75, 3.05) is 0 Å². The Balaban J connectivity index is 1.91. The highest BCUT2D eigenvalue weighted by atomic mass is 15.3. The minimum absolute atomic E-state index is 0.308. The van der Waals surface area contributed by atoms with Gasteiger partial charge in [0.15, 0.2) is 0 Å². The summed E-state index contributed by atoms with van der Waals surface area (Å²) in [6.07, 6.45) is 6.32. The van der Waals surface area contributed by atoms with Gasteiger partial charge in [-0.3, -0.25) is 4.68 Å². The average molecular weight is 221 g/mol. The zero-order valence-electron chi connectivity index (χ0n) is 10.7. The number of rotatable bonds is 5. The van der Waals surface area contributed by atoms with E-state index in [-0.39, 0.29) is 0 Å². The Kier molecular flexibility index (Phi) is 3.33. The Hall–Kier alpha value is -0.830. The summed E-state index contributed by atoms with van der Waals surface area (Å²) in [5.41, 5.74) is 9.95. The van der Waals surface area contributed by atoms with Gasteiger partial charge in [0.25, 0.3) is 0 Å². The van der Waals surface area contributed by atoms with Crippen LogP contribution in [0.15, 0.2) is 0 Å². The second kappa shape index (κ2) is 4.58. The van der Waals surface area contributed by atoms with Crippen molar-refractivity contribution in [1.82, 2.24) is 9.78 Å². The lowest BCUT2D eigenvalue weighted by molar-refractivity contribution is 0.549. The topological polar surface area (TPSA) is 43.8 Å². The molecular formula is C13H23N3. The molecule has 1 unspecified atom stereocenters. The molecule has 3 heteroatoms. The van der Waals surface area contributed by atoms with E-state index in [0.717, 1.165) is 18.0 Å². The first kappa shape index (κ1) is 11.6. The molecular weight excluding hydrogens is 198 g/mol. The Morgan fingerprint density at radius 2 is 2.12 bits per heavy atom.